The lowest BCUT2D eigenvalue weighted by molar-refractivity contribution is -0.121. The molecule has 0 atom stereocenters. The number of halogens is 1. The van der Waals surface area contributed by atoms with Gasteiger partial charge in [0.05, 0.1) is 4.90 Å². The first kappa shape index (κ1) is 20.1. The maximum absolute atomic E-state index is 12.3. The molecule has 3 aromatic rings. The summed E-state index contributed by atoms with van der Waals surface area (Å²) in [5.41, 5.74) is 2.19. The van der Waals surface area contributed by atoms with Crippen molar-refractivity contribution in [3.05, 3.63) is 47.0 Å². The second kappa shape index (κ2) is 7.74. The SMILES string of the molecule is Cc1ccc(S(=O)(=O)N(C)C)cc1NC(=O)COn1nnc2ccc(Cl)cc21. The fourth-order valence-corrected chi connectivity index (χ4v) is 3.47. The molecule has 1 heterocycles. The summed E-state index contributed by atoms with van der Waals surface area (Å²) in [4.78, 5) is 18.8. The van der Waals surface area contributed by atoms with E-state index in [9.17, 15) is 13.2 Å². The highest BCUT2D eigenvalue weighted by molar-refractivity contribution is 7.89. The largest absolute Gasteiger partial charge is 0.385 e. The number of carbonyl (C=O) groups is 1. The number of hydrogen-bond acceptors (Lipinski definition) is 6. The van der Waals surface area contributed by atoms with Crippen molar-refractivity contribution >= 4 is 44.3 Å². The van der Waals surface area contributed by atoms with Gasteiger partial charge in [-0.3, -0.25) is 4.79 Å². The third-order valence-corrected chi connectivity index (χ3v) is 6.00. The quantitative estimate of drug-likeness (QED) is 0.646. The number of nitrogens with zero attached hydrogens (tertiary/aromatic N) is 4. The van der Waals surface area contributed by atoms with Crippen LogP contribution in [0.25, 0.3) is 11.0 Å². The fourth-order valence-electron chi connectivity index (χ4n) is 2.38. The van der Waals surface area contributed by atoms with Crippen LogP contribution in [0.2, 0.25) is 5.02 Å². The molecule has 0 saturated carbocycles. The number of amides is 1. The Morgan fingerprint density at radius 1 is 1.25 bits per heavy atom. The van der Waals surface area contributed by atoms with Crippen molar-refractivity contribution in [2.75, 3.05) is 26.0 Å². The van der Waals surface area contributed by atoms with Gasteiger partial charge in [0.15, 0.2) is 6.61 Å². The van der Waals surface area contributed by atoms with Crippen molar-refractivity contribution in [3.8, 4) is 0 Å². The van der Waals surface area contributed by atoms with Crippen LogP contribution < -0.4 is 10.2 Å². The summed E-state index contributed by atoms with van der Waals surface area (Å²) < 4.78 is 25.7. The summed E-state index contributed by atoms with van der Waals surface area (Å²) in [5.74, 6) is -0.479. The number of fused-ring (bicyclic) bond motifs is 1. The van der Waals surface area contributed by atoms with Crippen molar-refractivity contribution in [2.24, 2.45) is 0 Å². The van der Waals surface area contributed by atoms with Crippen molar-refractivity contribution in [2.45, 2.75) is 11.8 Å². The maximum Gasteiger partial charge on any atom is 0.265 e. The van der Waals surface area contributed by atoms with E-state index in [1.807, 2.05) is 0 Å². The lowest BCUT2D eigenvalue weighted by Crippen LogP contribution is -2.27. The van der Waals surface area contributed by atoms with Crippen molar-refractivity contribution in [3.63, 3.8) is 0 Å². The normalized spacial score (nSPS) is 11.8. The second-order valence-electron chi connectivity index (χ2n) is 6.18. The Labute approximate surface area is 166 Å². The lowest BCUT2D eigenvalue weighted by atomic mass is 10.2. The van der Waals surface area contributed by atoms with E-state index in [1.54, 1.807) is 31.2 Å². The van der Waals surface area contributed by atoms with Crippen LogP contribution in [-0.4, -0.2) is 54.5 Å². The van der Waals surface area contributed by atoms with Gasteiger partial charge in [0.25, 0.3) is 5.91 Å². The first-order valence-corrected chi connectivity index (χ1v) is 9.97. The number of benzene rings is 2. The zero-order valence-electron chi connectivity index (χ0n) is 15.4. The summed E-state index contributed by atoms with van der Waals surface area (Å²) in [7, 11) is -0.731. The first-order valence-electron chi connectivity index (χ1n) is 8.16. The predicted octanol–water partition coefficient (Wildman–Crippen LogP) is 1.71. The van der Waals surface area contributed by atoms with Crippen LogP contribution in [0, 0.1) is 6.92 Å². The molecule has 0 bridgehead atoms. The molecule has 1 amide bonds. The van der Waals surface area contributed by atoms with E-state index >= 15 is 0 Å². The van der Waals surface area contributed by atoms with Gasteiger partial charge in [0, 0.05) is 24.8 Å². The molecule has 0 aliphatic rings. The van der Waals surface area contributed by atoms with Crippen LogP contribution in [-0.2, 0) is 14.8 Å². The van der Waals surface area contributed by atoms with E-state index in [4.69, 9.17) is 16.4 Å². The topological polar surface area (TPSA) is 106 Å². The third-order valence-electron chi connectivity index (χ3n) is 3.96. The molecular formula is C17H18ClN5O4S. The van der Waals surface area contributed by atoms with E-state index in [2.05, 4.69) is 15.6 Å². The molecule has 0 aliphatic carbocycles. The molecule has 11 heteroatoms. The minimum absolute atomic E-state index is 0.0798. The van der Waals surface area contributed by atoms with Crippen LogP contribution in [0.1, 0.15) is 5.56 Å². The fraction of sp³-hybridized carbons (Fsp3) is 0.235. The molecule has 1 aromatic heterocycles. The monoisotopic (exact) mass is 423 g/mol. The van der Waals surface area contributed by atoms with Crippen LogP contribution in [0.4, 0.5) is 5.69 Å². The van der Waals surface area contributed by atoms with E-state index in [-0.39, 0.29) is 11.5 Å². The van der Waals surface area contributed by atoms with Gasteiger partial charge in [-0.05, 0) is 48.0 Å². The minimum atomic E-state index is -3.61. The predicted molar refractivity (Wildman–Crippen MR) is 105 cm³/mol. The van der Waals surface area contributed by atoms with E-state index in [1.165, 1.54) is 26.2 Å². The maximum atomic E-state index is 12.3. The highest BCUT2D eigenvalue weighted by Gasteiger charge is 2.19. The average Bonchev–Trinajstić information content (AvgIpc) is 3.03. The molecule has 2 aromatic carbocycles. The molecule has 0 fully saturated rings. The Hall–Kier alpha value is -2.69. The van der Waals surface area contributed by atoms with Gasteiger partial charge >= 0.3 is 0 Å². The standard InChI is InChI=1S/C17H18ClN5O4S/c1-11-4-6-13(28(25,26)22(2)3)9-15(11)19-17(24)10-27-23-16-8-12(18)5-7-14(16)20-21-23/h4-9H,10H2,1-3H3,(H,19,24). The van der Waals surface area contributed by atoms with E-state index < -0.39 is 15.9 Å². The van der Waals surface area contributed by atoms with Gasteiger partial charge < -0.3 is 10.2 Å². The number of nitrogens with one attached hydrogen (secondary N) is 1. The van der Waals surface area contributed by atoms with Gasteiger partial charge in [-0.25, -0.2) is 12.7 Å². The van der Waals surface area contributed by atoms with Crippen molar-refractivity contribution in [1.82, 2.24) is 19.5 Å². The summed E-state index contributed by atoms with van der Waals surface area (Å²) >= 11 is 5.95. The third kappa shape index (κ3) is 4.08. The van der Waals surface area contributed by atoms with Crippen molar-refractivity contribution in [1.29, 1.82) is 0 Å². The molecule has 1 N–H and O–H groups in total. The number of rotatable bonds is 6. The van der Waals surface area contributed by atoms with Crippen LogP contribution in [0.3, 0.4) is 0 Å². The second-order valence-corrected chi connectivity index (χ2v) is 8.77. The summed E-state index contributed by atoms with van der Waals surface area (Å²) in [6.07, 6.45) is 0. The molecule has 28 heavy (non-hydrogen) atoms. The number of aryl methyl sites for hydroxylation is 1. The molecular weight excluding hydrogens is 406 g/mol. The molecule has 0 unspecified atom stereocenters. The number of anilines is 1. The van der Waals surface area contributed by atoms with E-state index in [0.29, 0.717) is 27.3 Å². The zero-order chi connectivity index (χ0) is 20.5. The van der Waals surface area contributed by atoms with Gasteiger partial charge in [0.2, 0.25) is 10.0 Å². The van der Waals surface area contributed by atoms with E-state index in [0.717, 1.165) is 9.15 Å². The molecule has 0 saturated heterocycles. The highest BCUT2D eigenvalue weighted by atomic mass is 35.5. The Morgan fingerprint density at radius 2 is 2.00 bits per heavy atom. The number of sulfonamides is 1. The molecule has 3 rings (SSSR count). The molecule has 148 valence electrons. The van der Waals surface area contributed by atoms with Gasteiger partial charge in [-0.1, -0.05) is 22.5 Å². The van der Waals surface area contributed by atoms with Crippen molar-refractivity contribution < 1.29 is 18.0 Å². The summed E-state index contributed by atoms with van der Waals surface area (Å²) in [6.45, 7) is 1.41. The van der Waals surface area contributed by atoms with Gasteiger partial charge in [-0.15, -0.1) is 5.10 Å². The molecule has 0 spiro atoms. The van der Waals surface area contributed by atoms with Gasteiger partial charge in [-0.2, -0.15) is 0 Å². The highest BCUT2D eigenvalue weighted by Crippen LogP contribution is 2.22. The van der Waals surface area contributed by atoms with Crippen LogP contribution in [0.5, 0.6) is 0 Å². The Bertz CT molecular complexity index is 1140. The first-order chi connectivity index (χ1) is 13.2. The van der Waals surface area contributed by atoms with Crippen LogP contribution >= 0.6 is 11.6 Å². The van der Waals surface area contributed by atoms with Gasteiger partial charge in [0.1, 0.15) is 11.0 Å². The Kier molecular flexibility index (Phi) is 5.54. The molecule has 0 radical (unpaired) electrons. The lowest BCUT2D eigenvalue weighted by Gasteiger charge is -2.14. The van der Waals surface area contributed by atoms with Crippen LogP contribution in [0.15, 0.2) is 41.3 Å². The number of hydrogen-bond donors (Lipinski definition) is 1. The zero-order valence-corrected chi connectivity index (χ0v) is 17.0. The number of aromatic nitrogens is 3. The smallest absolute Gasteiger partial charge is 0.265 e. The average molecular weight is 424 g/mol. The number of carbonyl (C=O) groups excluding carboxylic acids is 1. The Balaban J connectivity index is 1.73. The summed E-state index contributed by atoms with van der Waals surface area (Å²) in [5, 5.41) is 10.9. The molecule has 9 nitrogen and oxygen atoms in total. The molecule has 0 aliphatic heterocycles. The summed E-state index contributed by atoms with van der Waals surface area (Å²) in [6, 6.07) is 9.50. The minimum Gasteiger partial charge on any atom is -0.385 e. The Morgan fingerprint density at radius 3 is 2.71 bits per heavy atom.